The zero-order chi connectivity index (χ0) is 17.4. The summed E-state index contributed by atoms with van der Waals surface area (Å²) in [6.07, 6.45) is 1.84. The van der Waals surface area contributed by atoms with Crippen LogP contribution in [-0.4, -0.2) is 27.1 Å². The van der Waals surface area contributed by atoms with Crippen LogP contribution in [0.4, 0.5) is 8.78 Å². The first-order chi connectivity index (χ1) is 11.4. The standard InChI is InChI=1S/C17H21F2N3OS/c1-4-14-12-6-8-24-15(12)5-7-21(14)16(23)9-13-10(2)20-22(11(13)3)17(18)19/h6,8,14,17H,4-5,7,9H2,1-3H3/t14-/m1/s1. The third-order valence-corrected chi connectivity index (χ3v) is 5.79. The smallest absolute Gasteiger partial charge is 0.333 e. The molecule has 0 bridgehead atoms. The summed E-state index contributed by atoms with van der Waals surface area (Å²) in [6.45, 7) is 3.35. The van der Waals surface area contributed by atoms with Crippen molar-refractivity contribution < 1.29 is 13.6 Å². The summed E-state index contributed by atoms with van der Waals surface area (Å²) in [5, 5.41) is 5.94. The molecule has 24 heavy (non-hydrogen) atoms. The molecule has 0 radical (unpaired) electrons. The molecule has 1 aliphatic rings. The average Bonchev–Trinajstić information content (AvgIpc) is 3.13. The molecule has 1 aliphatic heterocycles. The number of amides is 1. The van der Waals surface area contributed by atoms with Gasteiger partial charge in [-0.3, -0.25) is 4.79 Å². The Morgan fingerprint density at radius 3 is 2.83 bits per heavy atom. The van der Waals surface area contributed by atoms with E-state index in [1.165, 1.54) is 10.4 Å². The Kier molecular flexibility index (Phi) is 4.71. The average molecular weight is 353 g/mol. The lowest BCUT2D eigenvalue weighted by Crippen LogP contribution is -2.40. The predicted molar refractivity (Wildman–Crippen MR) is 89.4 cm³/mol. The first-order valence-electron chi connectivity index (χ1n) is 8.12. The van der Waals surface area contributed by atoms with Gasteiger partial charge in [0.25, 0.3) is 0 Å². The number of hydrogen-bond acceptors (Lipinski definition) is 3. The van der Waals surface area contributed by atoms with Crippen molar-refractivity contribution in [3.05, 3.63) is 38.8 Å². The number of rotatable bonds is 4. The van der Waals surface area contributed by atoms with Gasteiger partial charge in [-0.2, -0.15) is 13.9 Å². The Labute approximate surface area is 144 Å². The van der Waals surface area contributed by atoms with Gasteiger partial charge in [-0.25, -0.2) is 4.68 Å². The van der Waals surface area contributed by atoms with Crippen LogP contribution in [0.15, 0.2) is 11.4 Å². The fourth-order valence-corrected chi connectivity index (χ4v) is 4.46. The number of thiophene rings is 1. The monoisotopic (exact) mass is 353 g/mol. The van der Waals surface area contributed by atoms with Crippen molar-refractivity contribution in [1.82, 2.24) is 14.7 Å². The molecule has 3 heterocycles. The van der Waals surface area contributed by atoms with E-state index in [9.17, 15) is 13.6 Å². The SMILES string of the molecule is CC[C@@H]1c2ccsc2CCN1C(=O)Cc1c(C)nn(C(F)F)c1C. The van der Waals surface area contributed by atoms with E-state index < -0.39 is 6.55 Å². The van der Waals surface area contributed by atoms with E-state index in [1.54, 1.807) is 25.2 Å². The molecule has 0 spiro atoms. The lowest BCUT2D eigenvalue weighted by atomic mass is 9.96. The highest BCUT2D eigenvalue weighted by atomic mass is 32.1. The molecule has 0 saturated carbocycles. The van der Waals surface area contributed by atoms with Crippen molar-refractivity contribution in [2.45, 2.75) is 52.6 Å². The minimum Gasteiger partial charge on any atom is -0.335 e. The van der Waals surface area contributed by atoms with Gasteiger partial charge in [0.15, 0.2) is 0 Å². The third kappa shape index (κ3) is 2.85. The summed E-state index contributed by atoms with van der Waals surface area (Å²) in [4.78, 5) is 16.1. The van der Waals surface area contributed by atoms with Crippen LogP contribution in [0.25, 0.3) is 0 Å². The van der Waals surface area contributed by atoms with Gasteiger partial charge in [-0.05, 0) is 43.7 Å². The second-order valence-corrected chi connectivity index (χ2v) is 7.11. The number of aryl methyl sites for hydroxylation is 1. The van der Waals surface area contributed by atoms with Crippen molar-refractivity contribution in [2.75, 3.05) is 6.54 Å². The number of nitrogens with zero attached hydrogens (tertiary/aromatic N) is 3. The number of carbonyl (C=O) groups is 1. The van der Waals surface area contributed by atoms with Crippen molar-refractivity contribution in [2.24, 2.45) is 0 Å². The molecule has 0 fully saturated rings. The molecule has 0 aromatic carbocycles. The molecule has 0 saturated heterocycles. The Hall–Kier alpha value is -1.76. The van der Waals surface area contributed by atoms with Crippen LogP contribution in [0.3, 0.4) is 0 Å². The van der Waals surface area contributed by atoms with Gasteiger partial charge in [0.1, 0.15) is 0 Å². The molecule has 0 unspecified atom stereocenters. The highest BCUT2D eigenvalue weighted by Crippen LogP contribution is 2.35. The van der Waals surface area contributed by atoms with E-state index in [-0.39, 0.29) is 18.4 Å². The van der Waals surface area contributed by atoms with E-state index in [1.807, 2.05) is 4.90 Å². The van der Waals surface area contributed by atoms with Crippen molar-refractivity contribution in [3.63, 3.8) is 0 Å². The summed E-state index contributed by atoms with van der Waals surface area (Å²) < 4.78 is 26.6. The minimum atomic E-state index is -2.68. The second kappa shape index (κ2) is 6.63. The van der Waals surface area contributed by atoms with E-state index in [2.05, 4.69) is 23.5 Å². The molecule has 7 heteroatoms. The van der Waals surface area contributed by atoms with E-state index in [0.717, 1.165) is 12.8 Å². The Bertz CT molecular complexity index is 753. The maximum absolute atomic E-state index is 13.0. The number of fused-ring (bicyclic) bond motifs is 1. The van der Waals surface area contributed by atoms with Crippen LogP contribution in [0.5, 0.6) is 0 Å². The van der Waals surface area contributed by atoms with Gasteiger partial charge in [-0.15, -0.1) is 11.3 Å². The summed E-state index contributed by atoms with van der Waals surface area (Å²) >= 11 is 1.74. The highest BCUT2D eigenvalue weighted by molar-refractivity contribution is 7.10. The molecule has 2 aromatic heterocycles. The second-order valence-electron chi connectivity index (χ2n) is 6.11. The van der Waals surface area contributed by atoms with Crippen molar-refractivity contribution in [1.29, 1.82) is 0 Å². The van der Waals surface area contributed by atoms with E-state index in [0.29, 0.717) is 28.2 Å². The number of halogens is 2. The molecule has 3 rings (SSSR count). The zero-order valence-corrected chi connectivity index (χ0v) is 14.9. The number of hydrogen-bond donors (Lipinski definition) is 0. The number of aromatic nitrogens is 2. The van der Waals surface area contributed by atoms with Crippen LogP contribution in [-0.2, 0) is 17.6 Å². The summed E-state index contributed by atoms with van der Waals surface area (Å²) in [5.41, 5.74) is 2.73. The minimum absolute atomic E-state index is 0.0151. The Morgan fingerprint density at radius 1 is 1.46 bits per heavy atom. The lowest BCUT2D eigenvalue weighted by Gasteiger charge is -2.35. The van der Waals surface area contributed by atoms with Crippen molar-refractivity contribution in [3.8, 4) is 0 Å². The molecule has 130 valence electrons. The molecule has 1 amide bonds. The summed E-state index contributed by atoms with van der Waals surface area (Å²) in [5.74, 6) is -0.0151. The topological polar surface area (TPSA) is 38.1 Å². The molecule has 2 aromatic rings. The zero-order valence-electron chi connectivity index (χ0n) is 14.1. The fourth-order valence-electron chi connectivity index (χ4n) is 3.53. The number of carbonyl (C=O) groups excluding carboxylic acids is 1. The summed E-state index contributed by atoms with van der Waals surface area (Å²) in [6, 6.07) is 2.18. The van der Waals surface area contributed by atoms with Gasteiger partial charge < -0.3 is 4.90 Å². The Morgan fingerprint density at radius 2 is 2.21 bits per heavy atom. The predicted octanol–water partition coefficient (Wildman–Crippen LogP) is 4.04. The van der Waals surface area contributed by atoms with E-state index in [4.69, 9.17) is 0 Å². The van der Waals surface area contributed by atoms with Crippen LogP contribution in [0, 0.1) is 13.8 Å². The van der Waals surface area contributed by atoms with Gasteiger partial charge >= 0.3 is 6.55 Å². The third-order valence-electron chi connectivity index (χ3n) is 4.79. The normalized spacial score (nSPS) is 17.4. The largest absolute Gasteiger partial charge is 0.335 e. The molecule has 4 nitrogen and oxygen atoms in total. The van der Waals surface area contributed by atoms with Gasteiger partial charge in [-0.1, -0.05) is 6.92 Å². The van der Waals surface area contributed by atoms with Crippen LogP contribution < -0.4 is 0 Å². The maximum atomic E-state index is 13.0. The number of alkyl halides is 2. The molecular weight excluding hydrogens is 332 g/mol. The van der Waals surface area contributed by atoms with Crippen molar-refractivity contribution >= 4 is 17.2 Å². The van der Waals surface area contributed by atoms with Gasteiger partial charge in [0.2, 0.25) is 5.91 Å². The van der Waals surface area contributed by atoms with Crippen LogP contribution in [0.1, 0.15) is 53.3 Å². The van der Waals surface area contributed by atoms with Gasteiger partial charge in [0, 0.05) is 22.7 Å². The molecule has 0 N–H and O–H groups in total. The highest BCUT2D eigenvalue weighted by Gasteiger charge is 2.31. The van der Waals surface area contributed by atoms with E-state index >= 15 is 0 Å². The Balaban J connectivity index is 1.83. The molecular formula is C17H21F2N3OS. The first kappa shape index (κ1) is 17.1. The lowest BCUT2D eigenvalue weighted by molar-refractivity contribution is -0.133. The van der Waals surface area contributed by atoms with Gasteiger partial charge in [0.05, 0.1) is 18.2 Å². The van der Waals surface area contributed by atoms with Crippen LogP contribution in [0.2, 0.25) is 0 Å². The fraction of sp³-hybridized carbons (Fsp3) is 0.529. The molecule has 1 atom stereocenters. The van der Waals surface area contributed by atoms with Crippen LogP contribution >= 0.6 is 11.3 Å². The quantitative estimate of drug-likeness (QED) is 0.832. The molecule has 0 aliphatic carbocycles. The summed E-state index contributed by atoms with van der Waals surface area (Å²) in [7, 11) is 0. The first-order valence-corrected chi connectivity index (χ1v) is 9.00. The maximum Gasteiger partial charge on any atom is 0.333 e.